The van der Waals surface area contributed by atoms with Gasteiger partial charge in [0.1, 0.15) is 0 Å². The molecule has 1 aromatic heterocycles. The molecule has 3 N–H and O–H groups in total. The summed E-state index contributed by atoms with van der Waals surface area (Å²) < 4.78 is 0. The van der Waals surface area contributed by atoms with Crippen LogP contribution in [0.5, 0.6) is 0 Å². The Morgan fingerprint density at radius 2 is 1.52 bits per heavy atom. The predicted octanol–water partition coefficient (Wildman–Crippen LogP) is 3.02. The molecule has 0 saturated heterocycles. The molecule has 106 valence electrons. The number of nitrogens with one attached hydrogen (secondary N) is 1. The smallest absolute Gasteiger partial charge is 0.174 e. The third-order valence-corrected chi connectivity index (χ3v) is 3.24. The standard InChI is InChI=1S/C16H17N5/c1-21(2)12-9-7-11(8-10-12)18-16-15(17)19-13-5-3-4-6-14(13)20-16/h3-10H,1-2H3,(H2,17,19)(H,18,20). The van der Waals surface area contributed by atoms with Crippen LogP contribution in [0.15, 0.2) is 48.5 Å². The van der Waals surface area contributed by atoms with Gasteiger partial charge in [0.25, 0.3) is 0 Å². The fraction of sp³-hybridized carbons (Fsp3) is 0.125. The van der Waals surface area contributed by atoms with Crippen LogP contribution in [0.4, 0.5) is 23.0 Å². The van der Waals surface area contributed by atoms with E-state index in [1.807, 2.05) is 67.5 Å². The third kappa shape index (κ3) is 2.72. The van der Waals surface area contributed by atoms with Gasteiger partial charge in [0.2, 0.25) is 0 Å². The van der Waals surface area contributed by atoms with E-state index in [2.05, 4.69) is 15.3 Å². The van der Waals surface area contributed by atoms with Crippen LogP contribution in [0.2, 0.25) is 0 Å². The van der Waals surface area contributed by atoms with Gasteiger partial charge in [-0.2, -0.15) is 0 Å². The van der Waals surface area contributed by atoms with Crippen LogP contribution in [-0.4, -0.2) is 24.1 Å². The second kappa shape index (κ2) is 5.28. The molecule has 0 aliphatic rings. The van der Waals surface area contributed by atoms with Gasteiger partial charge in [0.15, 0.2) is 11.6 Å². The third-order valence-electron chi connectivity index (χ3n) is 3.24. The molecule has 5 nitrogen and oxygen atoms in total. The van der Waals surface area contributed by atoms with Crippen molar-refractivity contribution in [3.63, 3.8) is 0 Å². The maximum absolute atomic E-state index is 5.97. The second-order valence-electron chi connectivity index (χ2n) is 5.01. The molecule has 3 aromatic rings. The maximum atomic E-state index is 5.97. The lowest BCUT2D eigenvalue weighted by Crippen LogP contribution is -2.08. The van der Waals surface area contributed by atoms with Crippen molar-refractivity contribution in [2.75, 3.05) is 30.0 Å². The van der Waals surface area contributed by atoms with Crippen molar-refractivity contribution in [2.24, 2.45) is 0 Å². The summed E-state index contributed by atoms with van der Waals surface area (Å²) in [6.07, 6.45) is 0. The highest BCUT2D eigenvalue weighted by Gasteiger charge is 2.06. The first-order valence-corrected chi connectivity index (χ1v) is 6.70. The number of benzene rings is 2. The summed E-state index contributed by atoms with van der Waals surface area (Å²) >= 11 is 0. The number of nitrogens with zero attached hydrogens (tertiary/aromatic N) is 3. The normalized spacial score (nSPS) is 10.6. The molecular formula is C16H17N5. The van der Waals surface area contributed by atoms with E-state index >= 15 is 0 Å². The number of para-hydroxylation sites is 2. The molecule has 0 aliphatic heterocycles. The van der Waals surface area contributed by atoms with E-state index in [1.165, 1.54) is 0 Å². The van der Waals surface area contributed by atoms with E-state index in [0.717, 1.165) is 22.4 Å². The van der Waals surface area contributed by atoms with Crippen LogP contribution in [0.1, 0.15) is 0 Å². The van der Waals surface area contributed by atoms with Gasteiger partial charge in [-0.15, -0.1) is 0 Å². The Labute approximate surface area is 123 Å². The summed E-state index contributed by atoms with van der Waals surface area (Å²) in [6.45, 7) is 0. The first-order chi connectivity index (χ1) is 10.1. The molecule has 0 amide bonds. The lowest BCUT2D eigenvalue weighted by Gasteiger charge is -2.13. The summed E-state index contributed by atoms with van der Waals surface area (Å²) in [4.78, 5) is 10.9. The van der Waals surface area contributed by atoms with Gasteiger partial charge in [-0.05, 0) is 36.4 Å². The Kier molecular flexibility index (Phi) is 3.31. The van der Waals surface area contributed by atoms with E-state index in [-0.39, 0.29) is 0 Å². The number of anilines is 4. The summed E-state index contributed by atoms with van der Waals surface area (Å²) in [5.74, 6) is 0.969. The second-order valence-corrected chi connectivity index (χ2v) is 5.01. The van der Waals surface area contributed by atoms with E-state index in [1.54, 1.807) is 0 Å². The highest BCUT2D eigenvalue weighted by Crippen LogP contribution is 2.23. The molecule has 1 heterocycles. The monoisotopic (exact) mass is 279 g/mol. The van der Waals surface area contributed by atoms with Crippen molar-refractivity contribution in [1.29, 1.82) is 0 Å². The molecule has 0 fully saturated rings. The molecule has 3 rings (SSSR count). The first kappa shape index (κ1) is 13.2. The van der Waals surface area contributed by atoms with Crippen molar-refractivity contribution in [3.05, 3.63) is 48.5 Å². The van der Waals surface area contributed by atoms with Crippen molar-refractivity contribution < 1.29 is 0 Å². The molecule has 0 spiro atoms. The van der Waals surface area contributed by atoms with Gasteiger partial charge in [-0.3, -0.25) is 0 Å². The number of nitrogens with two attached hydrogens (primary N) is 1. The van der Waals surface area contributed by atoms with Crippen LogP contribution in [0, 0.1) is 0 Å². The van der Waals surface area contributed by atoms with Crippen LogP contribution < -0.4 is 16.0 Å². The summed E-state index contributed by atoms with van der Waals surface area (Å²) in [7, 11) is 4.02. The number of rotatable bonds is 3. The van der Waals surface area contributed by atoms with Gasteiger partial charge in [0, 0.05) is 25.5 Å². The zero-order valence-electron chi connectivity index (χ0n) is 12.0. The van der Waals surface area contributed by atoms with E-state index in [0.29, 0.717) is 11.6 Å². The lowest BCUT2D eigenvalue weighted by atomic mass is 10.2. The maximum Gasteiger partial charge on any atom is 0.174 e. The van der Waals surface area contributed by atoms with Gasteiger partial charge >= 0.3 is 0 Å². The first-order valence-electron chi connectivity index (χ1n) is 6.70. The minimum absolute atomic E-state index is 0.394. The fourth-order valence-electron chi connectivity index (χ4n) is 2.09. The largest absolute Gasteiger partial charge is 0.381 e. The number of aromatic nitrogens is 2. The SMILES string of the molecule is CN(C)c1ccc(Nc2nc3ccccc3nc2N)cc1. The minimum atomic E-state index is 0.394. The Morgan fingerprint density at radius 3 is 2.14 bits per heavy atom. The molecule has 5 heteroatoms. The van der Waals surface area contributed by atoms with Gasteiger partial charge in [-0.25, -0.2) is 9.97 Å². The summed E-state index contributed by atoms with van der Waals surface area (Å²) in [6, 6.07) is 15.7. The van der Waals surface area contributed by atoms with Crippen molar-refractivity contribution in [2.45, 2.75) is 0 Å². The zero-order valence-corrected chi connectivity index (χ0v) is 12.0. The minimum Gasteiger partial charge on any atom is -0.381 e. The molecule has 0 atom stereocenters. The molecule has 0 bridgehead atoms. The number of nitrogen functional groups attached to an aromatic ring is 1. The molecular weight excluding hydrogens is 262 g/mol. The summed E-state index contributed by atoms with van der Waals surface area (Å²) in [5, 5.41) is 3.21. The zero-order chi connectivity index (χ0) is 14.8. The van der Waals surface area contributed by atoms with E-state index < -0.39 is 0 Å². The molecule has 0 radical (unpaired) electrons. The number of hydrogen-bond acceptors (Lipinski definition) is 5. The van der Waals surface area contributed by atoms with Crippen molar-refractivity contribution in [3.8, 4) is 0 Å². The fourth-order valence-corrected chi connectivity index (χ4v) is 2.09. The molecule has 0 saturated carbocycles. The lowest BCUT2D eigenvalue weighted by molar-refractivity contribution is 1.13. The average molecular weight is 279 g/mol. The van der Waals surface area contributed by atoms with Gasteiger partial charge in [-0.1, -0.05) is 12.1 Å². The van der Waals surface area contributed by atoms with Crippen LogP contribution in [-0.2, 0) is 0 Å². The Balaban J connectivity index is 1.92. The quantitative estimate of drug-likeness (QED) is 0.771. The van der Waals surface area contributed by atoms with Gasteiger partial charge in [0.05, 0.1) is 11.0 Å². The van der Waals surface area contributed by atoms with E-state index in [9.17, 15) is 0 Å². The predicted molar refractivity (Wildman–Crippen MR) is 88.0 cm³/mol. The number of hydrogen-bond donors (Lipinski definition) is 2. The molecule has 0 aliphatic carbocycles. The van der Waals surface area contributed by atoms with E-state index in [4.69, 9.17) is 5.73 Å². The topological polar surface area (TPSA) is 67.1 Å². The Hall–Kier alpha value is -2.82. The summed E-state index contributed by atoms with van der Waals surface area (Å²) in [5.41, 5.74) is 9.65. The molecule has 21 heavy (non-hydrogen) atoms. The Bertz CT molecular complexity index is 765. The van der Waals surface area contributed by atoms with Crippen molar-refractivity contribution in [1.82, 2.24) is 9.97 Å². The highest BCUT2D eigenvalue weighted by atomic mass is 15.1. The van der Waals surface area contributed by atoms with Crippen LogP contribution in [0.3, 0.4) is 0 Å². The highest BCUT2D eigenvalue weighted by molar-refractivity contribution is 5.81. The molecule has 2 aromatic carbocycles. The van der Waals surface area contributed by atoms with Crippen LogP contribution in [0.25, 0.3) is 11.0 Å². The average Bonchev–Trinajstić information content (AvgIpc) is 2.48. The molecule has 0 unspecified atom stereocenters. The number of fused-ring (bicyclic) bond motifs is 1. The van der Waals surface area contributed by atoms with Crippen molar-refractivity contribution >= 4 is 34.0 Å². The Morgan fingerprint density at radius 1 is 0.905 bits per heavy atom. The van der Waals surface area contributed by atoms with Gasteiger partial charge < -0.3 is 16.0 Å². The van der Waals surface area contributed by atoms with Crippen LogP contribution >= 0.6 is 0 Å².